The minimum atomic E-state index is -0.848. The lowest BCUT2D eigenvalue weighted by Crippen LogP contribution is -2.28. The molecule has 2 rings (SSSR count). The van der Waals surface area contributed by atoms with Crippen molar-refractivity contribution >= 4 is 17.7 Å². The monoisotopic (exact) mass is 331 g/mol. The van der Waals surface area contributed by atoms with Gasteiger partial charge in [-0.05, 0) is 38.1 Å². The molecule has 1 heterocycles. The SMILES string of the molecule is CC(C)=CCSc1ccccc1C(=O)NCC(O)c1ccco1. The van der Waals surface area contributed by atoms with E-state index in [1.807, 2.05) is 18.2 Å². The van der Waals surface area contributed by atoms with E-state index in [2.05, 4.69) is 25.2 Å². The maximum absolute atomic E-state index is 12.4. The summed E-state index contributed by atoms with van der Waals surface area (Å²) in [7, 11) is 0. The van der Waals surface area contributed by atoms with Gasteiger partial charge in [-0.2, -0.15) is 0 Å². The molecule has 0 saturated carbocycles. The van der Waals surface area contributed by atoms with E-state index in [0.717, 1.165) is 10.6 Å². The van der Waals surface area contributed by atoms with Gasteiger partial charge < -0.3 is 14.8 Å². The zero-order chi connectivity index (χ0) is 16.7. The van der Waals surface area contributed by atoms with E-state index in [1.54, 1.807) is 30.0 Å². The Kier molecular flexibility index (Phi) is 6.50. The lowest BCUT2D eigenvalue weighted by molar-refractivity contribution is 0.0898. The molecule has 0 aliphatic rings. The van der Waals surface area contributed by atoms with Gasteiger partial charge >= 0.3 is 0 Å². The van der Waals surface area contributed by atoms with Crippen LogP contribution in [-0.4, -0.2) is 23.3 Å². The van der Waals surface area contributed by atoms with E-state index in [-0.39, 0.29) is 12.5 Å². The molecule has 4 nitrogen and oxygen atoms in total. The van der Waals surface area contributed by atoms with Gasteiger partial charge in [-0.25, -0.2) is 0 Å². The highest BCUT2D eigenvalue weighted by atomic mass is 32.2. The molecule has 5 heteroatoms. The summed E-state index contributed by atoms with van der Waals surface area (Å²) in [5.41, 5.74) is 1.87. The van der Waals surface area contributed by atoms with Gasteiger partial charge in [0, 0.05) is 10.6 Å². The number of furan rings is 1. The van der Waals surface area contributed by atoms with E-state index in [0.29, 0.717) is 11.3 Å². The van der Waals surface area contributed by atoms with Gasteiger partial charge in [0.2, 0.25) is 0 Å². The molecular formula is C18H21NO3S. The van der Waals surface area contributed by atoms with Crippen molar-refractivity contribution in [2.45, 2.75) is 24.8 Å². The molecule has 1 atom stereocenters. The van der Waals surface area contributed by atoms with Crippen LogP contribution in [0.15, 0.2) is 63.6 Å². The van der Waals surface area contributed by atoms with Gasteiger partial charge in [0.15, 0.2) is 0 Å². The molecule has 23 heavy (non-hydrogen) atoms. The zero-order valence-electron chi connectivity index (χ0n) is 13.3. The minimum absolute atomic E-state index is 0.110. The highest BCUT2D eigenvalue weighted by Gasteiger charge is 2.15. The third-order valence-electron chi connectivity index (χ3n) is 3.19. The van der Waals surface area contributed by atoms with E-state index in [4.69, 9.17) is 4.42 Å². The normalized spacial score (nSPS) is 11.8. The summed E-state index contributed by atoms with van der Waals surface area (Å²) < 4.78 is 5.12. The average molecular weight is 331 g/mol. The molecule has 1 amide bonds. The summed E-state index contributed by atoms with van der Waals surface area (Å²) in [5.74, 6) is 1.06. The van der Waals surface area contributed by atoms with Crippen molar-refractivity contribution in [3.05, 3.63) is 65.6 Å². The Morgan fingerprint density at radius 3 is 2.78 bits per heavy atom. The fraction of sp³-hybridized carbons (Fsp3) is 0.278. The Hall–Kier alpha value is -1.98. The molecule has 1 aromatic heterocycles. The van der Waals surface area contributed by atoms with Gasteiger partial charge in [-0.1, -0.05) is 23.8 Å². The maximum atomic E-state index is 12.4. The second kappa shape index (κ2) is 8.60. The molecule has 0 radical (unpaired) electrons. The van der Waals surface area contributed by atoms with Crippen LogP contribution in [0.4, 0.5) is 0 Å². The number of carbonyl (C=O) groups excluding carboxylic acids is 1. The summed E-state index contributed by atoms with van der Waals surface area (Å²) in [6.45, 7) is 4.21. The predicted molar refractivity (Wildman–Crippen MR) is 92.6 cm³/mol. The van der Waals surface area contributed by atoms with Gasteiger partial charge in [0.25, 0.3) is 5.91 Å². The lowest BCUT2D eigenvalue weighted by Gasteiger charge is -2.12. The molecule has 2 aromatic rings. The number of benzene rings is 1. The Balaban J connectivity index is 1.97. The van der Waals surface area contributed by atoms with Crippen molar-refractivity contribution in [1.82, 2.24) is 5.32 Å². The van der Waals surface area contributed by atoms with Crippen LogP contribution in [0.2, 0.25) is 0 Å². The van der Waals surface area contributed by atoms with Crippen molar-refractivity contribution < 1.29 is 14.3 Å². The number of aliphatic hydroxyl groups excluding tert-OH is 1. The van der Waals surface area contributed by atoms with Crippen molar-refractivity contribution in [2.75, 3.05) is 12.3 Å². The van der Waals surface area contributed by atoms with Crippen LogP contribution >= 0.6 is 11.8 Å². The highest BCUT2D eigenvalue weighted by Crippen LogP contribution is 2.23. The van der Waals surface area contributed by atoms with Crippen molar-refractivity contribution in [3.8, 4) is 0 Å². The number of carbonyl (C=O) groups is 1. The fourth-order valence-corrected chi connectivity index (χ4v) is 3.03. The zero-order valence-corrected chi connectivity index (χ0v) is 14.1. The second-order valence-corrected chi connectivity index (χ2v) is 6.39. The topological polar surface area (TPSA) is 62.5 Å². The Labute approximate surface area is 140 Å². The molecule has 1 unspecified atom stereocenters. The highest BCUT2D eigenvalue weighted by molar-refractivity contribution is 7.99. The quantitative estimate of drug-likeness (QED) is 0.598. The largest absolute Gasteiger partial charge is 0.467 e. The number of nitrogens with one attached hydrogen (secondary N) is 1. The number of rotatable bonds is 7. The van der Waals surface area contributed by atoms with Crippen LogP contribution < -0.4 is 5.32 Å². The molecule has 0 saturated heterocycles. The number of aliphatic hydroxyl groups is 1. The molecule has 0 aliphatic heterocycles. The third kappa shape index (κ3) is 5.30. The maximum Gasteiger partial charge on any atom is 0.252 e. The predicted octanol–water partition coefficient (Wildman–Crippen LogP) is 3.80. The van der Waals surface area contributed by atoms with Crippen LogP contribution in [0, 0.1) is 0 Å². The molecule has 0 aliphatic carbocycles. The molecule has 0 spiro atoms. The molecule has 2 N–H and O–H groups in total. The lowest BCUT2D eigenvalue weighted by atomic mass is 10.2. The molecular weight excluding hydrogens is 310 g/mol. The smallest absolute Gasteiger partial charge is 0.252 e. The Morgan fingerprint density at radius 1 is 1.30 bits per heavy atom. The Bertz CT molecular complexity index is 661. The van der Waals surface area contributed by atoms with Crippen LogP contribution in [0.5, 0.6) is 0 Å². The number of hydrogen-bond donors (Lipinski definition) is 2. The van der Waals surface area contributed by atoms with E-state index >= 15 is 0 Å². The summed E-state index contributed by atoms with van der Waals surface area (Å²) in [6.07, 6.45) is 2.77. The number of amides is 1. The van der Waals surface area contributed by atoms with Crippen molar-refractivity contribution in [2.24, 2.45) is 0 Å². The van der Waals surface area contributed by atoms with Gasteiger partial charge in [0.1, 0.15) is 11.9 Å². The first kappa shape index (κ1) is 17.4. The van der Waals surface area contributed by atoms with Crippen LogP contribution in [0.1, 0.15) is 36.1 Å². The first-order chi connectivity index (χ1) is 11.1. The average Bonchev–Trinajstić information content (AvgIpc) is 3.07. The van der Waals surface area contributed by atoms with E-state index < -0.39 is 6.10 Å². The van der Waals surface area contributed by atoms with Crippen molar-refractivity contribution in [1.29, 1.82) is 0 Å². The van der Waals surface area contributed by atoms with Crippen molar-refractivity contribution in [3.63, 3.8) is 0 Å². The summed E-state index contributed by atoms with van der Waals surface area (Å²) in [4.78, 5) is 13.3. The van der Waals surface area contributed by atoms with Gasteiger partial charge in [-0.15, -0.1) is 11.8 Å². The number of hydrogen-bond acceptors (Lipinski definition) is 4. The summed E-state index contributed by atoms with van der Waals surface area (Å²) in [5, 5.41) is 12.7. The number of allylic oxidation sites excluding steroid dienone is 1. The first-order valence-electron chi connectivity index (χ1n) is 7.43. The molecule has 1 aromatic carbocycles. The van der Waals surface area contributed by atoms with Crippen LogP contribution in [0.25, 0.3) is 0 Å². The number of thioether (sulfide) groups is 1. The molecule has 0 bridgehead atoms. The van der Waals surface area contributed by atoms with Crippen LogP contribution in [-0.2, 0) is 0 Å². The van der Waals surface area contributed by atoms with Gasteiger partial charge in [-0.3, -0.25) is 4.79 Å². The standard InChI is InChI=1S/C18H21NO3S/c1-13(2)9-11-23-17-8-4-3-6-14(17)18(21)19-12-15(20)16-7-5-10-22-16/h3-10,15,20H,11-12H2,1-2H3,(H,19,21). The summed E-state index contributed by atoms with van der Waals surface area (Å²) >= 11 is 1.62. The first-order valence-corrected chi connectivity index (χ1v) is 8.41. The van der Waals surface area contributed by atoms with E-state index in [1.165, 1.54) is 11.8 Å². The summed E-state index contributed by atoms with van der Waals surface area (Å²) in [6, 6.07) is 10.9. The minimum Gasteiger partial charge on any atom is -0.467 e. The van der Waals surface area contributed by atoms with Crippen LogP contribution in [0.3, 0.4) is 0 Å². The fourth-order valence-electron chi connectivity index (χ4n) is 1.94. The second-order valence-electron chi connectivity index (χ2n) is 5.33. The Morgan fingerprint density at radius 2 is 2.09 bits per heavy atom. The third-order valence-corrected chi connectivity index (χ3v) is 4.19. The van der Waals surface area contributed by atoms with E-state index in [9.17, 15) is 9.90 Å². The van der Waals surface area contributed by atoms with Gasteiger partial charge in [0.05, 0.1) is 18.4 Å². The molecule has 122 valence electrons. The molecule has 0 fully saturated rings.